The van der Waals surface area contributed by atoms with E-state index in [1.807, 2.05) is 26.0 Å². The van der Waals surface area contributed by atoms with Crippen LogP contribution in [-0.2, 0) is 4.74 Å². The Morgan fingerprint density at radius 2 is 1.86 bits per heavy atom. The number of rotatable bonds is 1. The molecule has 0 aliphatic carbocycles. The van der Waals surface area contributed by atoms with Gasteiger partial charge >= 0.3 is 6.09 Å². The lowest BCUT2D eigenvalue weighted by molar-refractivity contribution is 0.187. The summed E-state index contributed by atoms with van der Waals surface area (Å²) < 4.78 is 5.54. The molecule has 1 rings (SSSR count). The van der Waals surface area contributed by atoms with Gasteiger partial charge < -0.3 is 4.74 Å². The van der Waals surface area contributed by atoms with Crippen LogP contribution in [0.1, 0.15) is 11.1 Å². The van der Waals surface area contributed by atoms with Crippen molar-refractivity contribution in [2.24, 2.45) is 0 Å². The summed E-state index contributed by atoms with van der Waals surface area (Å²) in [4.78, 5) is 11.0. The van der Waals surface area contributed by atoms with Crippen LogP contribution in [0.3, 0.4) is 0 Å². The molecule has 3 nitrogen and oxygen atoms in total. The molecule has 0 atom stereocenters. The van der Waals surface area contributed by atoms with E-state index in [2.05, 4.69) is 26.0 Å². The van der Waals surface area contributed by atoms with Gasteiger partial charge in [0.1, 0.15) is 0 Å². The maximum Gasteiger partial charge on any atom is 0.411 e. The average molecular weight is 258 g/mol. The van der Waals surface area contributed by atoms with Crippen molar-refractivity contribution in [1.82, 2.24) is 0 Å². The second-order valence-corrected chi connectivity index (χ2v) is 3.95. The van der Waals surface area contributed by atoms with E-state index in [1.165, 1.54) is 7.11 Å². The maximum absolute atomic E-state index is 11.0. The predicted octanol–water partition coefficient (Wildman–Crippen LogP) is 3.24. The minimum Gasteiger partial charge on any atom is -0.453 e. The van der Waals surface area contributed by atoms with E-state index in [4.69, 9.17) is 0 Å². The van der Waals surface area contributed by atoms with E-state index in [-0.39, 0.29) is 0 Å². The van der Waals surface area contributed by atoms with Gasteiger partial charge in [-0.25, -0.2) is 4.79 Å². The molecule has 0 saturated carbocycles. The first-order valence-corrected chi connectivity index (χ1v) is 4.95. The van der Waals surface area contributed by atoms with E-state index in [9.17, 15) is 4.79 Å². The number of aryl methyl sites for hydroxylation is 2. The van der Waals surface area contributed by atoms with Gasteiger partial charge in [-0.3, -0.25) is 5.32 Å². The van der Waals surface area contributed by atoms with Crippen LogP contribution in [0.4, 0.5) is 10.5 Å². The Kier molecular flexibility index (Phi) is 3.52. The summed E-state index contributed by atoms with van der Waals surface area (Å²) in [5, 5.41) is 2.67. The standard InChI is InChI=1S/C10H12BrNO2/c1-6-4-8(11)5-7(2)9(6)12-10(13)14-3/h4-5H,1-3H3,(H,12,13). The van der Waals surface area contributed by atoms with Crippen LogP contribution in [0.15, 0.2) is 16.6 Å². The summed E-state index contributed by atoms with van der Waals surface area (Å²) in [6.45, 7) is 3.87. The van der Waals surface area contributed by atoms with Crippen LogP contribution < -0.4 is 5.32 Å². The number of ether oxygens (including phenoxy) is 1. The number of halogens is 1. The minimum absolute atomic E-state index is 0.446. The second kappa shape index (κ2) is 4.46. The number of methoxy groups -OCH3 is 1. The average Bonchev–Trinajstić information content (AvgIpc) is 2.10. The Morgan fingerprint density at radius 3 is 2.29 bits per heavy atom. The molecular weight excluding hydrogens is 246 g/mol. The van der Waals surface area contributed by atoms with E-state index in [0.717, 1.165) is 21.3 Å². The van der Waals surface area contributed by atoms with Gasteiger partial charge in [0, 0.05) is 10.2 Å². The van der Waals surface area contributed by atoms with E-state index in [0.29, 0.717) is 0 Å². The smallest absolute Gasteiger partial charge is 0.411 e. The molecule has 4 heteroatoms. The van der Waals surface area contributed by atoms with E-state index in [1.54, 1.807) is 0 Å². The quantitative estimate of drug-likeness (QED) is 0.839. The lowest BCUT2D eigenvalue weighted by Gasteiger charge is -2.10. The first-order valence-electron chi connectivity index (χ1n) is 4.16. The third kappa shape index (κ3) is 2.48. The number of hydrogen-bond acceptors (Lipinski definition) is 2. The van der Waals surface area contributed by atoms with Crippen LogP contribution >= 0.6 is 15.9 Å². The highest BCUT2D eigenvalue weighted by atomic mass is 79.9. The van der Waals surface area contributed by atoms with E-state index < -0.39 is 6.09 Å². The van der Waals surface area contributed by atoms with Gasteiger partial charge in [-0.05, 0) is 37.1 Å². The molecule has 1 aromatic carbocycles. The van der Waals surface area contributed by atoms with Crippen molar-refractivity contribution in [2.75, 3.05) is 12.4 Å². The van der Waals surface area contributed by atoms with Crippen molar-refractivity contribution in [3.05, 3.63) is 27.7 Å². The second-order valence-electron chi connectivity index (χ2n) is 3.03. The molecule has 0 heterocycles. The number of amides is 1. The number of anilines is 1. The SMILES string of the molecule is COC(=O)Nc1c(C)cc(Br)cc1C. The van der Waals surface area contributed by atoms with Gasteiger partial charge in [-0.15, -0.1) is 0 Å². The molecule has 0 aliphatic rings. The zero-order valence-electron chi connectivity index (χ0n) is 8.35. The van der Waals surface area contributed by atoms with Crippen molar-refractivity contribution >= 4 is 27.7 Å². The molecule has 1 aromatic rings. The predicted molar refractivity (Wildman–Crippen MR) is 59.6 cm³/mol. The summed E-state index contributed by atoms with van der Waals surface area (Å²) in [5.41, 5.74) is 2.81. The van der Waals surface area contributed by atoms with Gasteiger partial charge in [-0.1, -0.05) is 15.9 Å². The molecule has 0 bridgehead atoms. The molecule has 76 valence electrons. The number of hydrogen-bond donors (Lipinski definition) is 1. The van der Waals surface area contributed by atoms with Crippen LogP contribution in [0.25, 0.3) is 0 Å². The summed E-state index contributed by atoms with van der Waals surface area (Å²) in [5.74, 6) is 0. The van der Waals surface area contributed by atoms with Crippen LogP contribution in [0.5, 0.6) is 0 Å². The van der Waals surface area contributed by atoms with Crippen molar-refractivity contribution in [3.8, 4) is 0 Å². The zero-order chi connectivity index (χ0) is 10.7. The number of carbonyl (C=O) groups excluding carboxylic acids is 1. The third-order valence-electron chi connectivity index (χ3n) is 1.91. The van der Waals surface area contributed by atoms with Gasteiger partial charge in [0.15, 0.2) is 0 Å². The Labute approximate surface area is 91.6 Å². The lowest BCUT2D eigenvalue weighted by Crippen LogP contribution is -2.12. The molecule has 0 radical (unpaired) electrons. The topological polar surface area (TPSA) is 38.3 Å². The van der Waals surface area contributed by atoms with Gasteiger partial charge in [0.25, 0.3) is 0 Å². The first kappa shape index (κ1) is 11.0. The molecule has 1 amide bonds. The minimum atomic E-state index is -0.446. The number of benzene rings is 1. The Balaban J connectivity index is 3.02. The van der Waals surface area contributed by atoms with Gasteiger partial charge in [0.05, 0.1) is 7.11 Å². The Bertz CT molecular complexity index is 340. The highest BCUT2D eigenvalue weighted by molar-refractivity contribution is 9.10. The largest absolute Gasteiger partial charge is 0.453 e. The van der Waals surface area contributed by atoms with Crippen molar-refractivity contribution in [3.63, 3.8) is 0 Å². The summed E-state index contributed by atoms with van der Waals surface area (Å²) in [6.07, 6.45) is -0.446. The highest BCUT2D eigenvalue weighted by Crippen LogP contribution is 2.24. The molecule has 0 fully saturated rings. The number of nitrogens with one attached hydrogen (secondary N) is 1. The van der Waals surface area contributed by atoms with E-state index >= 15 is 0 Å². The molecular formula is C10H12BrNO2. The molecule has 0 unspecified atom stereocenters. The fraction of sp³-hybridized carbons (Fsp3) is 0.300. The van der Waals surface area contributed by atoms with Crippen LogP contribution in [0.2, 0.25) is 0 Å². The fourth-order valence-corrected chi connectivity index (χ4v) is 1.95. The molecule has 0 saturated heterocycles. The van der Waals surface area contributed by atoms with Gasteiger partial charge in [-0.2, -0.15) is 0 Å². The van der Waals surface area contributed by atoms with Gasteiger partial charge in [0.2, 0.25) is 0 Å². The third-order valence-corrected chi connectivity index (χ3v) is 2.37. The normalized spacial score (nSPS) is 9.71. The molecule has 0 aromatic heterocycles. The molecule has 14 heavy (non-hydrogen) atoms. The Morgan fingerprint density at radius 1 is 1.36 bits per heavy atom. The van der Waals surface area contributed by atoms with Crippen molar-refractivity contribution in [2.45, 2.75) is 13.8 Å². The molecule has 0 spiro atoms. The molecule has 1 N–H and O–H groups in total. The fourth-order valence-electron chi connectivity index (χ4n) is 1.26. The highest BCUT2D eigenvalue weighted by Gasteiger charge is 2.07. The number of carbonyl (C=O) groups is 1. The van der Waals surface area contributed by atoms with Crippen LogP contribution in [0, 0.1) is 13.8 Å². The maximum atomic E-state index is 11.0. The summed E-state index contributed by atoms with van der Waals surface area (Å²) in [6, 6.07) is 3.89. The monoisotopic (exact) mass is 257 g/mol. The van der Waals surface area contributed by atoms with Crippen molar-refractivity contribution < 1.29 is 9.53 Å². The van der Waals surface area contributed by atoms with Crippen LogP contribution in [-0.4, -0.2) is 13.2 Å². The van der Waals surface area contributed by atoms with Crippen molar-refractivity contribution in [1.29, 1.82) is 0 Å². The summed E-state index contributed by atoms with van der Waals surface area (Å²) in [7, 11) is 1.35. The first-order chi connectivity index (χ1) is 6.54. The Hall–Kier alpha value is -1.03. The zero-order valence-corrected chi connectivity index (χ0v) is 9.94. The molecule has 0 aliphatic heterocycles. The summed E-state index contributed by atoms with van der Waals surface area (Å²) >= 11 is 3.39. The lowest BCUT2D eigenvalue weighted by atomic mass is 10.1.